The van der Waals surface area contributed by atoms with Gasteiger partial charge in [0.2, 0.25) is 5.91 Å². The van der Waals surface area contributed by atoms with Gasteiger partial charge in [-0.3, -0.25) is 19.4 Å². The number of halogens is 2. The summed E-state index contributed by atoms with van der Waals surface area (Å²) >= 11 is 6.30. The molecule has 0 aromatic carbocycles. The normalized spacial score (nSPS) is 32.7. The Kier molecular flexibility index (Phi) is 4.98. The number of aliphatic imine (C=N–C) groups is 1. The lowest BCUT2D eigenvalue weighted by atomic mass is 9.73. The second kappa shape index (κ2) is 7.49. The van der Waals surface area contributed by atoms with Gasteiger partial charge in [-0.15, -0.1) is 0 Å². The van der Waals surface area contributed by atoms with Gasteiger partial charge in [0.25, 0.3) is 0 Å². The van der Waals surface area contributed by atoms with E-state index in [9.17, 15) is 23.9 Å². The van der Waals surface area contributed by atoms with Crippen LogP contribution in [0.3, 0.4) is 0 Å². The van der Waals surface area contributed by atoms with E-state index < -0.39 is 23.5 Å². The van der Waals surface area contributed by atoms with Crippen molar-refractivity contribution in [3.05, 3.63) is 45.3 Å². The van der Waals surface area contributed by atoms with Crippen molar-refractivity contribution < 1.29 is 28.6 Å². The second-order valence-electron chi connectivity index (χ2n) is 8.94. The number of ether oxygens (including phenoxy) is 1. The predicted octanol–water partition coefficient (Wildman–Crippen LogP) is 2.58. The molecule has 168 valence electrons. The monoisotopic (exact) mass is 460 g/mol. The minimum absolute atomic E-state index is 0.0113. The van der Waals surface area contributed by atoms with Gasteiger partial charge in [-0.25, -0.2) is 4.39 Å². The Labute approximate surface area is 188 Å². The SMILES string of the molecule is COCCC1C(=O)N2CC(C(=O)O)C3=C(CN=C/C(Cl)=C4/C(F)=CC(=O)C=C34)C2C12CC2. The average Bonchev–Trinajstić information content (AvgIpc) is 3.48. The number of nitrogens with zero attached hydrogens (tertiary/aromatic N) is 2. The first-order valence-electron chi connectivity index (χ1n) is 10.6. The van der Waals surface area contributed by atoms with Gasteiger partial charge >= 0.3 is 5.97 Å². The molecule has 7 nitrogen and oxygen atoms in total. The number of hydrogen-bond acceptors (Lipinski definition) is 5. The van der Waals surface area contributed by atoms with Crippen molar-refractivity contribution >= 4 is 35.5 Å². The maximum absolute atomic E-state index is 14.9. The lowest BCUT2D eigenvalue weighted by Crippen LogP contribution is -2.49. The number of carboxylic acid groups (broad SMARTS) is 1. The zero-order valence-electron chi connectivity index (χ0n) is 17.4. The van der Waals surface area contributed by atoms with Crippen LogP contribution in [-0.4, -0.2) is 66.7 Å². The molecule has 32 heavy (non-hydrogen) atoms. The minimum Gasteiger partial charge on any atom is -0.481 e. The van der Waals surface area contributed by atoms with E-state index >= 15 is 0 Å². The van der Waals surface area contributed by atoms with Crippen LogP contribution < -0.4 is 0 Å². The van der Waals surface area contributed by atoms with Gasteiger partial charge < -0.3 is 14.7 Å². The molecule has 9 heteroatoms. The van der Waals surface area contributed by atoms with E-state index in [0.717, 1.165) is 18.9 Å². The highest BCUT2D eigenvalue weighted by Gasteiger charge is 2.67. The van der Waals surface area contributed by atoms with Crippen LogP contribution in [0.15, 0.2) is 50.3 Å². The highest BCUT2D eigenvalue weighted by atomic mass is 35.5. The summed E-state index contributed by atoms with van der Waals surface area (Å²) in [5.74, 6) is -3.96. The van der Waals surface area contributed by atoms with Crippen LogP contribution in [-0.2, 0) is 19.1 Å². The van der Waals surface area contributed by atoms with Gasteiger partial charge in [0.1, 0.15) is 5.83 Å². The van der Waals surface area contributed by atoms with Crippen LogP contribution in [0.4, 0.5) is 4.39 Å². The summed E-state index contributed by atoms with van der Waals surface area (Å²) in [4.78, 5) is 44.0. The van der Waals surface area contributed by atoms with E-state index in [1.54, 1.807) is 12.0 Å². The van der Waals surface area contributed by atoms with Gasteiger partial charge in [0.15, 0.2) is 5.78 Å². The number of methoxy groups -OCH3 is 1. The molecule has 0 bridgehead atoms. The molecule has 3 atom stereocenters. The van der Waals surface area contributed by atoms with E-state index in [-0.39, 0.29) is 52.5 Å². The largest absolute Gasteiger partial charge is 0.481 e. The van der Waals surface area contributed by atoms with Crippen LogP contribution >= 0.6 is 11.6 Å². The molecular formula is C23H22ClFN2O5. The van der Waals surface area contributed by atoms with Gasteiger partial charge in [0, 0.05) is 49.5 Å². The first kappa shape index (κ1) is 21.3. The minimum atomic E-state index is -1.14. The summed E-state index contributed by atoms with van der Waals surface area (Å²) in [6.45, 7) is 0.532. The smallest absolute Gasteiger partial charge is 0.312 e. The van der Waals surface area contributed by atoms with Crippen LogP contribution in [0.2, 0.25) is 0 Å². The average molecular weight is 461 g/mol. The zero-order chi connectivity index (χ0) is 22.8. The molecule has 3 aliphatic heterocycles. The summed E-state index contributed by atoms with van der Waals surface area (Å²) in [7, 11) is 1.59. The number of carbonyl (C=O) groups is 3. The first-order chi connectivity index (χ1) is 15.3. The third-order valence-corrected chi connectivity index (χ3v) is 7.62. The Morgan fingerprint density at radius 3 is 2.78 bits per heavy atom. The summed E-state index contributed by atoms with van der Waals surface area (Å²) in [6, 6.07) is -0.331. The Morgan fingerprint density at radius 1 is 1.38 bits per heavy atom. The fourth-order valence-corrected chi connectivity index (χ4v) is 6.20. The molecule has 3 heterocycles. The van der Waals surface area contributed by atoms with E-state index in [0.29, 0.717) is 24.2 Å². The van der Waals surface area contributed by atoms with Crippen LogP contribution in [0.25, 0.3) is 0 Å². The van der Waals surface area contributed by atoms with Crippen molar-refractivity contribution in [3.8, 4) is 0 Å². The van der Waals surface area contributed by atoms with Crippen molar-refractivity contribution in [3.63, 3.8) is 0 Å². The molecular weight excluding hydrogens is 439 g/mol. The number of hydrogen-bond donors (Lipinski definition) is 1. The molecule has 1 N–H and O–H groups in total. The van der Waals surface area contributed by atoms with Crippen molar-refractivity contribution in [2.45, 2.75) is 25.3 Å². The third kappa shape index (κ3) is 2.96. The number of carboxylic acids is 1. The molecule has 1 saturated carbocycles. The van der Waals surface area contributed by atoms with Crippen molar-refractivity contribution in [1.29, 1.82) is 0 Å². The number of ketones is 1. The molecule has 5 rings (SSSR count). The molecule has 3 unspecified atom stereocenters. The van der Waals surface area contributed by atoms with Crippen LogP contribution in [0.5, 0.6) is 0 Å². The van der Waals surface area contributed by atoms with E-state index in [2.05, 4.69) is 4.99 Å². The number of rotatable bonds is 4. The molecule has 0 aromatic rings. The van der Waals surface area contributed by atoms with Crippen molar-refractivity contribution in [2.24, 2.45) is 22.2 Å². The zero-order valence-corrected chi connectivity index (χ0v) is 18.2. The molecule has 1 spiro atoms. The molecule has 5 aliphatic rings. The van der Waals surface area contributed by atoms with E-state index in [4.69, 9.17) is 16.3 Å². The maximum atomic E-state index is 14.9. The number of carbonyl (C=O) groups excluding carboxylic acids is 2. The van der Waals surface area contributed by atoms with Gasteiger partial charge in [0.05, 0.1) is 23.5 Å². The fourth-order valence-electron chi connectivity index (χ4n) is 5.94. The van der Waals surface area contributed by atoms with E-state index in [1.165, 1.54) is 12.3 Å². The maximum Gasteiger partial charge on any atom is 0.312 e. The number of amides is 1. The van der Waals surface area contributed by atoms with Gasteiger partial charge in [-0.1, -0.05) is 11.6 Å². The van der Waals surface area contributed by atoms with Crippen LogP contribution in [0.1, 0.15) is 19.3 Å². The van der Waals surface area contributed by atoms with Crippen molar-refractivity contribution in [1.82, 2.24) is 4.90 Å². The van der Waals surface area contributed by atoms with Gasteiger partial charge in [-0.2, -0.15) is 0 Å². The first-order valence-corrected chi connectivity index (χ1v) is 11.0. The molecule has 1 amide bonds. The van der Waals surface area contributed by atoms with Crippen LogP contribution in [0, 0.1) is 17.3 Å². The summed E-state index contributed by atoms with van der Waals surface area (Å²) < 4.78 is 20.1. The fraction of sp³-hybridized carbons (Fsp3) is 0.478. The standard InChI is InChI=1S/C23H22ClFN2O5/c1-32-5-2-15-21(29)27-10-14(22(30)31)18-12-6-11(28)7-17(25)19(12)16(24)9-26-8-13(18)20(27)23(15)3-4-23/h6-7,9,14-15,20H,2-5,8,10H2,1H3,(H,30,31)/b19-16-,26-9?. The molecule has 0 aromatic heterocycles. The highest BCUT2D eigenvalue weighted by Crippen LogP contribution is 2.65. The Hall–Kier alpha value is -2.58. The topological polar surface area (TPSA) is 96.3 Å². The van der Waals surface area contributed by atoms with Gasteiger partial charge in [-0.05, 0) is 42.1 Å². The predicted molar refractivity (Wildman–Crippen MR) is 114 cm³/mol. The molecule has 0 radical (unpaired) electrons. The lowest BCUT2D eigenvalue weighted by Gasteiger charge is -2.41. The quantitative estimate of drug-likeness (QED) is 0.695. The molecule has 1 saturated heterocycles. The Morgan fingerprint density at radius 2 is 2.12 bits per heavy atom. The summed E-state index contributed by atoms with van der Waals surface area (Å²) in [5, 5.41) is 10.1. The Bertz CT molecular complexity index is 1100. The Balaban J connectivity index is 1.72. The third-order valence-electron chi connectivity index (χ3n) is 7.33. The lowest BCUT2D eigenvalue weighted by molar-refractivity contribution is -0.142. The van der Waals surface area contributed by atoms with Crippen molar-refractivity contribution in [2.75, 3.05) is 26.8 Å². The summed E-state index contributed by atoms with van der Waals surface area (Å²) in [5.41, 5.74) is 0.895. The highest BCUT2D eigenvalue weighted by molar-refractivity contribution is 6.40. The number of aliphatic carboxylic acids is 1. The number of allylic oxidation sites excluding steroid dienone is 6. The second-order valence-corrected chi connectivity index (χ2v) is 9.34. The molecule has 2 fully saturated rings. The number of fused-ring (bicyclic) bond motifs is 5. The molecule has 2 aliphatic carbocycles. The summed E-state index contributed by atoms with van der Waals surface area (Å²) in [6.07, 6.45) is 5.65. The van der Waals surface area contributed by atoms with E-state index in [1.807, 2.05) is 0 Å².